The third-order valence-electron chi connectivity index (χ3n) is 3.91. The maximum atomic E-state index is 12.0. The molecule has 0 unspecified atom stereocenters. The third-order valence-corrected chi connectivity index (χ3v) is 4.41. The average Bonchev–Trinajstić information content (AvgIpc) is 2.93. The SMILES string of the molecule is Cc1cn([C@H]2O[C@]3(CO)CO[C@H]2[C@H]3OP(=O)(O)O)c(=O)[nH]c1=O. The summed E-state index contributed by atoms with van der Waals surface area (Å²) < 4.78 is 27.9. The Bertz CT molecular complexity index is 782. The summed E-state index contributed by atoms with van der Waals surface area (Å²) in [6, 6.07) is 0. The van der Waals surface area contributed by atoms with Crippen LogP contribution in [0.3, 0.4) is 0 Å². The van der Waals surface area contributed by atoms with Crippen LogP contribution in [0.5, 0.6) is 0 Å². The number of phosphoric acid groups is 1. The number of aromatic amines is 1. The first-order chi connectivity index (χ1) is 10.7. The fraction of sp³-hybridized carbons (Fsp3) is 0.636. The fourth-order valence-corrected chi connectivity index (χ4v) is 3.42. The van der Waals surface area contributed by atoms with E-state index in [2.05, 4.69) is 4.98 Å². The molecule has 128 valence electrons. The van der Waals surface area contributed by atoms with E-state index in [1.807, 2.05) is 0 Å². The highest BCUT2D eigenvalue weighted by Gasteiger charge is 2.64. The van der Waals surface area contributed by atoms with E-state index in [4.69, 9.17) is 23.8 Å². The van der Waals surface area contributed by atoms with E-state index in [1.165, 1.54) is 13.1 Å². The first-order valence-corrected chi connectivity index (χ1v) is 8.16. The summed E-state index contributed by atoms with van der Waals surface area (Å²) in [4.78, 5) is 43.5. The van der Waals surface area contributed by atoms with Crippen LogP contribution in [0.15, 0.2) is 15.8 Å². The lowest BCUT2D eigenvalue weighted by molar-refractivity contribution is -0.187. The van der Waals surface area contributed by atoms with E-state index in [9.17, 15) is 19.3 Å². The van der Waals surface area contributed by atoms with Crippen molar-refractivity contribution in [3.8, 4) is 0 Å². The number of phosphoric ester groups is 1. The predicted molar refractivity (Wildman–Crippen MR) is 72.7 cm³/mol. The van der Waals surface area contributed by atoms with E-state index in [-0.39, 0.29) is 12.2 Å². The number of H-pyrrole nitrogens is 1. The highest BCUT2D eigenvalue weighted by molar-refractivity contribution is 7.46. The second-order valence-electron chi connectivity index (χ2n) is 5.50. The molecule has 11 nitrogen and oxygen atoms in total. The molecule has 0 aromatic carbocycles. The average molecular weight is 350 g/mol. The first kappa shape index (κ1) is 16.5. The third kappa shape index (κ3) is 2.70. The van der Waals surface area contributed by atoms with Crippen LogP contribution < -0.4 is 11.2 Å². The Labute approximate surface area is 128 Å². The van der Waals surface area contributed by atoms with Crippen molar-refractivity contribution in [1.82, 2.24) is 9.55 Å². The van der Waals surface area contributed by atoms with Gasteiger partial charge in [-0.25, -0.2) is 9.36 Å². The van der Waals surface area contributed by atoms with Gasteiger partial charge >= 0.3 is 13.5 Å². The van der Waals surface area contributed by atoms with Gasteiger partial charge in [-0.3, -0.25) is 18.9 Å². The molecule has 4 N–H and O–H groups in total. The van der Waals surface area contributed by atoms with Crippen LogP contribution in [0, 0.1) is 6.92 Å². The van der Waals surface area contributed by atoms with Crippen LogP contribution in [-0.2, 0) is 18.6 Å². The molecule has 12 heteroatoms. The molecule has 0 radical (unpaired) electrons. The molecule has 2 aliphatic heterocycles. The molecule has 3 heterocycles. The summed E-state index contributed by atoms with van der Waals surface area (Å²) in [5.41, 5.74) is -2.60. The summed E-state index contributed by atoms with van der Waals surface area (Å²) in [6.07, 6.45) is -2.15. The zero-order valence-electron chi connectivity index (χ0n) is 11.9. The summed E-state index contributed by atoms with van der Waals surface area (Å²) in [6.45, 7) is 0.711. The van der Waals surface area contributed by atoms with Gasteiger partial charge in [0.2, 0.25) is 0 Å². The second kappa shape index (κ2) is 5.35. The van der Waals surface area contributed by atoms with Gasteiger partial charge in [-0.05, 0) is 6.92 Å². The summed E-state index contributed by atoms with van der Waals surface area (Å²) in [7, 11) is -4.87. The second-order valence-corrected chi connectivity index (χ2v) is 6.69. The number of aliphatic hydroxyl groups excluding tert-OH is 1. The van der Waals surface area contributed by atoms with Gasteiger partial charge in [0.05, 0.1) is 13.2 Å². The fourth-order valence-electron chi connectivity index (χ4n) is 2.81. The molecule has 1 aromatic heterocycles. The van der Waals surface area contributed by atoms with Crippen molar-refractivity contribution in [2.24, 2.45) is 0 Å². The van der Waals surface area contributed by atoms with Crippen molar-refractivity contribution in [1.29, 1.82) is 0 Å². The quantitative estimate of drug-likeness (QED) is 0.449. The van der Waals surface area contributed by atoms with Crippen molar-refractivity contribution in [2.75, 3.05) is 13.2 Å². The number of ether oxygens (including phenoxy) is 2. The molecule has 2 saturated heterocycles. The minimum absolute atomic E-state index is 0.146. The van der Waals surface area contributed by atoms with Gasteiger partial charge in [-0.1, -0.05) is 0 Å². The Morgan fingerprint density at radius 2 is 2.22 bits per heavy atom. The molecule has 2 bridgehead atoms. The first-order valence-electron chi connectivity index (χ1n) is 6.63. The number of aliphatic hydroxyl groups is 1. The number of nitrogens with one attached hydrogen (secondary N) is 1. The van der Waals surface area contributed by atoms with Crippen LogP contribution in [0.25, 0.3) is 0 Å². The molecule has 23 heavy (non-hydrogen) atoms. The van der Waals surface area contributed by atoms with Gasteiger partial charge in [-0.15, -0.1) is 0 Å². The Kier molecular flexibility index (Phi) is 3.84. The van der Waals surface area contributed by atoms with Crippen LogP contribution in [0.1, 0.15) is 11.8 Å². The maximum absolute atomic E-state index is 12.0. The molecule has 1 aromatic rings. The lowest BCUT2D eigenvalue weighted by atomic mass is 10.0. The van der Waals surface area contributed by atoms with Crippen LogP contribution in [-0.4, -0.2) is 55.5 Å². The van der Waals surface area contributed by atoms with Gasteiger partial charge in [-0.2, -0.15) is 0 Å². The minimum Gasteiger partial charge on any atom is -0.393 e. The van der Waals surface area contributed by atoms with Crippen molar-refractivity contribution < 1.29 is 33.5 Å². The minimum atomic E-state index is -4.87. The maximum Gasteiger partial charge on any atom is 0.470 e. The molecule has 0 amide bonds. The molecular formula is C11H15N2O9P. The number of hydrogen-bond donors (Lipinski definition) is 4. The standard InChI is InChI=1S/C11H15N2O9P/c1-5-2-13(10(16)12-8(5)15)9-6-7(22-23(17,18)19)11(3-14,21-9)4-20-6/h2,6-7,9,14H,3-4H2,1H3,(H,12,15,16)(H2,17,18,19)/t6-,7+,9-,11+/m0/s1. The molecule has 4 atom stereocenters. The molecule has 2 aliphatic rings. The van der Waals surface area contributed by atoms with Gasteiger partial charge in [0.15, 0.2) is 6.23 Å². The topological polar surface area (TPSA) is 160 Å². The van der Waals surface area contributed by atoms with E-state index < -0.39 is 49.7 Å². The summed E-state index contributed by atoms with van der Waals surface area (Å²) in [5, 5.41) is 9.56. The van der Waals surface area contributed by atoms with E-state index in [0.717, 1.165) is 4.57 Å². The van der Waals surface area contributed by atoms with Crippen molar-refractivity contribution in [3.63, 3.8) is 0 Å². The van der Waals surface area contributed by atoms with Crippen LogP contribution in [0.4, 0.5) is 0 Å². The van der Waals surface area contributed by atoms with E-state index in [0.29, 0.717) is 0 Å². The lowest BCUT2D eigenvalue weighted by Gasteiger charge is -2.29. The molecule has 2 fully saturated rings. The van der Waals surface area contributed by atoms with Gasteiger partial charge in [0, 0.05) is 11.8 Å². The van der Waals surface area contributed by atoms with Crippen LogP contribution in [0.2, 0.25) is 0 Å². The summed E-state index contributed by atoms with van der Waals surface area (Å²) >= 11 is 0. The highest BCUT2D eigenvalue weighted by Crippen LogP contribution is 2.51. The highest BCUT2D eigenvalue weighted by atomic mass is 31.2. The molecule has 0 aliphatic carbocycles. The Hall–Kier alpha value is -1.33. The van der Waals surface area contributed by atoms with E-state index >= 15 is 0 Å². The van der Waals surface area contributed by atoms with Gasteiger partial charge < -0.3 is 24.4 Å². The molecule has 0 saturated carbocycles. The smallest absolute Gasteiger partial charge is 0.393 e. The molecule has 3 rings (SSSR count). The van der Waals surface area contributed by atoms with Crippen molar-refractivity contribution >= 4 is 7.82 Å². The predicted octanol–water partition coefficient (Wildman–Crippen LogP) is -2.02. The number of fused-ring (bicyclic) bond motifs is 2. The Morgan fingerprint density at radius 3 is 2.83 bits per heavy atom. The number of aryl methyl sites for hydroxylation is 1. The normalized spacial score (nSPS) is 33.3. The number of hydrogen-bond acceptors (Lipinski definition) is 7. The zero-order chi connectivity index (χ0) is 17.0. The van der Waals surface area contributed by atoms with Gasteiger partial charge in [0.1, 0.15) is 17.8 Å². The Balaban J connectivity index is 2.02. The number of rotatable bonds is 4. The van der Waals surface area contributed by atoms with Crippen LogP contribution >= 0.6 is 7.82 Å². The largest absolute Gasteiger partial charge is 0.470 e. The monoisotopic (exact) mass is 350 g/mol. The molecular weight excluding hydrogens is 335 g/mol. The summed E-state index contributed by atoms with van der Waals surface area (Å²) in [5.74, 6) is 0. The number of aromatic nitrogens is 2. The zero-order valence-corrected chi connectivity index (χ0v) is 12.8. The van der Waals surface area contributed by atoms with Gasteiger partial charge in [0.25, 0.3) is 5.56 Å². The van der Waals surface area contributed by atoms with Crippen molar-refractivity contribution in [2.45, 2.75) is 31.0 Å². The number of nitrogens with zero attached hydrogens (tertiary/aromatic N) is 1. The van der Waals surface area contributed by atoms with E-state index in [1.54, 1.807) is 0 Å². The molecule has 0 spiro atoms. The Morgan fingerprint density at radius 1 is 1.52 bits per heavy atom. The van der Waals surface area contributed by atoms with Crippen molar-refractivity contribution in [3.05, 3.63) is 32.6 Å². The lowest BCUT2D eigenvalue weighted by Crippen LogP contribution is -2.45.